The molecule has 0 bridgehead atoms. The fourth-order valence-electron chi connectivity index (χ4n) is 0.816. The van der Waals surface area contributed by atoms with Crippen LogP contribution in [-0.4, -0.2) is 21.0 Å². The zero-order chi connectivity index (χ0) is 10.0. The van der Waals surface area contributed by atoms with Crippen molar-refractivity contribution in [3.05, 3.63) is 26.8 Å². The Hall–Kier alpha value is -1.17. The van der Waals surface area contributed by atoms with Gasteiger partial charge in [0.25, 0.3) is 5.56 Å². The third-order valence-corrected chi connectivity index (χ3v) is 2.37. The summed E-state index contributed by atoms with van der Waals surface area (Å²) < 4.78 is 0.171. The van der Waals surface area contributed by atoms with E-state index in [1.54, 1.807) is 0 Å². The van der Waals surface area contributed by atoms with E-state index in [0.29, 0.717) is 0 Å². The quantitative estimate of drug-likeness (QED) is 0.806. The van der Waals surface area contributed by atoms with Gasteiger partial charge in [0.05, 0.1) is 17.9 Å². The number of carboxylic acids is 1. The molecule has 0 saturated heterocycles. The first-order valence-corrected chi connectivity index (χ1v) is 4.29. The van der Waals surface area contributed by atoms with E-state index in [1.807, 2.05) is 0 Å². The molecule has 1 heterocycles. The van der Waals surface area contributed by atoms with E-state index >= 15 is 0 Å². The molecule has 1 aromatic heterocycles. The van der Waals surface area contributed by atoms with Crippen LogP contribution in [0.3, 0.4) is 0 Å². The Labute approximate surface area is 82.0 Å². The number of carbonyl (C=O) groups is 1. The van der Waals surface area contributed by atoms with Gasteiger partial charge in [-0.2, -0.15) is 0 Å². The van der Waals surface area contributed by atoms with E-state index in [2.05, 4.69) is 25.9 Å². The van der Waals surface area contributed by atoms with Crippen LogP contribution in [0.5, 0.6) is 0 Å². The molecule has 0 aromatic carbocycles. The summed E-state index contributed by atoms with van der Waals surface area (Å²) in [4.78, 5) is 27.7. The molecule has 1 aromatic rings. The Kier molecular flexibility index (Phi) is 2.82. The number of hydrogen-bond acceptors (Lipinski definition) is 3. The summed E-state index contributed by atoms with van der Waals surface area (Å²) in [6.07, 6.45) is 1.18. The molecule has 0 spiro atoms. The van der Waals surface area contributed by atoms with E-state index in [1.165, 1.54) is 13.3 Å². The molecule has 5 nitrogen and oxygen atoms in total. The predicted octanol–water partition coefficient (Wildman–Crippen LogP) is 0.720. The van der Waals surface area contributed by atoms with Gasteiger partial charge in [-0.1, -0.05) is 0 Å². The third-order valence-electron chi connectivity index (χ3n) is 1.60. The van der Waals surface area contributed by atoms with Crippen LogP contribution >= 0.6 is 15.9 Å². The van der Waals surface area contributed by atoms with Gasteiger partial charge < -0.3 is 10.1 Å². The number of halogens is 1. The van der Waals surface area contributed by atoms with Gasteiger partial charge in [0.2, 0.25) is 0 Å². The maximum Gasteiger partial charge on any atom is 0.312 e. The second-order valence-electron chi connectivity index (χ2n) is 2.49. The van der Waals surface area contributed by atoms with E-state index < -0.39 is 11.9 Å². The fraction of sp³-hybridized carbons (Fsp3) is 0.286. The molecule has 1 unspecified atom stereocenters. The molecule has 0 aliphatic carbocycles. The number of hydrogen-bond donors (Lipinski definition) is 2. The maximum atomic E-state index is 11.0. The Bertz CT molecular complexity index is 388. The largest absolute Gasteiger partial charge is 0.481 e. The van der Waals surface area contributed by atoms with Crippen LogP contribution in [-0.2, 0) is 4.79 Å². The topological polar surface area (TPSA) is 83.0 Å². The van der Waals surface area contributed by atoms with Gasteiger partial charge in [0, 0.05) is 0 Å². The first-order valence-electron chi connectivity index (χ1n) is 3.50. The second-order valence-corrected chi connectivity index (χ2v) is 3.28. The number of nitrogens with one attached hydrogen (secondary N) is 1. The maximum absolute atomic E-state index is 11.0. The van der Waals surface area contributed by atoms with Gasteiger partial charge in [0.1, 0.15) is 4.47 Å². The number of nitrogens with zero attached hydrogens (tertiary/aromatic N) is 1. The van der Waals surface area contributed by atoms with Crippen LogP contribution in [0, 0.1) is 0 Å². The molecule has 0 radical (unpaired) electrons. The van der Waals surface area contributed by atoms with Gasteiger partial charge in [0.15, 0.2) is 0 Å². The monoisotopic (exact) mass is 246 g/mol. The lowest BCUT2D eigenvalue weighted by Gasteiger charge is -2.05. The van der Waals surface area contributed by atoms with E-state index in [4.69, 9.17) is 5.11 Å². The van der Waals surface area contributed by atoms with Crippen molar-refractivity contribution in [1.82, 2.24) is 9.97 Å². The molecule has 13 heavy (non-hydrogen) atoms. The Balaban J connectivity index is 3.23. The van der Waals surface area contributed by atoms with Crippen LogP contribution in [0.4, 0.5) is 0 Å². The molecular weight excluding hydrogens is 240 g/mol. The summed E-state index contributed by atoms with van der Waals surface area (Å²) in [5.41, 5.74) is -0.144. The number of aromatic amines is 1. The van der Waals surface area contributed by atoms with Crippen molar-refractivity contribution in [3.8, 4) is 0 Å². The highest BCUT2D eigenvalue weighted by molar-refractivity contribution is 9.10. The van der Waals surface area contributed by atoms with Crippen molar-refractivity contribution < 1.29 is 9.90 Å². The average molecular weight is 247 g/mol. The van der Waals surface area contributed by atoms with Crippen LogP contribution in [0.2, 0.25) is 0 Å². The standard InChI is InChI=1S/C7H7BrN2O3/c1-3(7(12)13)5-4(8)6(11)10-2-9-5/h2-3H,1H3,(H,12,13)(H,9,10,11). The summed E-state index contributed by atoms with van der Waals surface area (Å²) in [7, 11) is 0. The zero-order valence-corrected chi connectivity index (χ0v) is 8.33. The molecular formula is C7H7BrN2O3. The van der Waals surface area contributed by atoms with Gasteiger partial charge >= 0.3 is 5.97 Å². The van der Waals surface area contributed by atoms with Crippen LogP contribution < -0.4 is 5.56 Å². The molecule has 0 fully saturated rings. The smallest absolute Gasteiger partial charge is 0.312 e. The zero-order valence-electron chi connectivity index (χ0n) is 6.74. The Morgan fingerprint density at radius 2 is 2.38 bits per heavy atom. The molecule has 0 saturated carbocycles. The summed E-state index contributed by atoms with van der Waals surface area (Å²) in [5, 5.41) is 8.68. The summed E-state index contributed by atoms with van der Waals surface area (Å²) in [6, 6.07) is 0. The van der Waals surface area contributed by atoms with Crippen molar-refractivity contribution >= 4 is 21.9 Å². The van der Waals surface area contributed by atoms with Crippen molar-refractivity contribution in [2.24, 2.45) is 0 Å². The van der Waals surface area contributed by atoms with Crippen molar-refractivity contribution in [3.63, 3.8) is 0 Å². The molecule has 1 atom stereocenters. The van der Waals surface area contributed by atoms with Crippen molar-refractivity contribution in [1.29, 1.82) is 0 Å². The van der Waals surface area contributed by atoms with E-state index in [9.17, 15) is 9.59 Å². The minimum absolute atomic E-state index is 0.171. The number of carboxylic acid groups (broad SMARTS) is 1. The molecule has 0 amide bonds. The van der Waals surface area contributed by atoms with Gasteiger partial charge in [-0.25, -0.2) is 4.98 Å². The Morgan fingerprint density at radius 3 is 2.92 bits per heavy atom. The second kappa shape index (κ2) is 3.69. The average Bonchev–Trinajstić information content (AvgIpc) is 2.08. The van der Waals surface area contributed by atoms with Crippen LogP contribution in [0.1, 0.15) is 18.5 Å². The van der Waals surface area contributed by atoms with Gasteiger partial charge in [-0.05, 0) is 22.9 Å². The number of rotatable bonds is 2. The predicted molar refractivity (Wildman–Crippen MR) is 48.6 cm³/mol. The van der Waals surface area contributed by atoms with Crippen molar-refractivity contribution in [2.45, 2.75) is 12.8 Å². The lowest BCUT2D eigenvalue weighted by atomic mass is 10.1. The number of aliphatic carboxylic acids is 1. The minimum atomic E-state index is -1.02. The third kappa shape index (κ3) is 1.95. The molecule has 1 rings (SSSR count). The molecule has 6 heteroatoms. The normalized spacial score (nSPS) is 12.5. The van der Waals surface area contributed by atoms with Crippen LogP contribution in [0.25, 0.3) is 0 Å². The summed E-state index contributed by atoms with van der Waals surface area (Å²) in [5.74, 6) is -1.81. The highest BCUT2D eigenvalue weighted by Gasteiger charge is 2.19. The Morgan fingerprint density at radius 1 is 1.77 bits per heavy atom. The molecule has 0 aliphatic rings. The van der Waals surface area contributed by atoms with Crippen molar-refractivity contribution in [2.75, 3.05) is 0 Å². The number of aromatic nitrogens is 2. The van der Waals surface area contributed by atoms with Gasteiger partial charge in [-0.15, -0.1) is 0 Å². The molecule has 2 N–H and O–H groups in total. The number of H-pyrrole nitrogens is 1. The van der Waals surface area contributed by atoms with E-state index in [-0.39, 0.29) is 15.7 Å². The lowest BCUT2D eigenvalue weighted by Crippen LogP contribution is -2.16. The van der Waals surface area contributed by atoms with Crippen LogP contribution in [0.15, 0.2) is 15.6 Å². The van der Waals surface area contributed by atoms with Gasteiger partial charge in [-0.3, -0.25) is 9.59 Å². The highest BCUT2D eigenvalue weighted by atomic mass is 79.9. The molecule has 70 valence electrons. The SMILES string of the molecule is CC(C(=O)O)c1nc[nH]c(=O)c1Br. The molecule has 0 aliphatic heterocycles. The summed E-state index contributed by atoms with van der Waals surface area (Å²) >= 11 is 2.98. The lowest BCUT2D eigenvalue weighted by molar-refractivity contribution is -0.138. The first kappa shape index (κ1) is 9.91. The summed E-state index contributed by atoms with van der Waals surface area (Å²) in [6.45, 7) is 1.47. The highest BCUT2D eigenvalue weighted by Crippen LogP contribution is 2.18. The minimum Gasteiger partial charge on any atom is -0.481 e. The fourth-order valence-corrected chi connectivity index (χ4v) is 1.38. The first-order chi connectivity index (χ1) is 6.04. The van der Waals surface area contributed by atoms with E-state index in [0.717, 1.165) is 0 Å².